The van der Waals surface area contributed by atoms with Gasteiger partial charge in [-0.15, -0.1) is 0 Å². The van der Waals surface area contributed by atoms with E-state index in [-0.39, 0.29) is 39.2 Å². The first kappa shape index (κ1) is 19.9. The molecule has 7 heteroatoms. The van der Waals surface area contributed by atoms with Gasteiger partial charge in [0, 0.05) is 12.4 Å². The van der Waals surface area contributed by atoms with E-state index in [0.29, 0.717) is 5.56 Å². The zero-order chi connectivity index (χ0) is 22.1. The topological polar surface area (TPSA) is 114 Å². The molecule has 3 aromatic heterocycles. The quantitative estimate of drug-likeness (QED) is 0.473. The van der Waals surface area contributed by atoms with Gasteiger partial charge in [0.1, 0.15) is 22.8 Å². The normalized spacial score (nSPS) is 11.9. The number of aromatic nitrogens is 1. The van der Waals surface area contributed by atoms with Gasteiger partial charge in [-0.05, 0) is 29.8 Å². The Labute approximate surface area is 175 Å². The number of rotatable bonds is 5. The van der Waals surface area contributed by atoms with Crippen molar-refractivity contribution in [3.63, 3.8) is 0 Å². The van der Waals surface area contributed by atoms with Crippen LogP contribution in [0.2, 0.25) is 0 Å². The number of nitrogens with zero attached hydrogens (tertiary/aromatic N) is 1. The van der Waals surface area contributed by atoms with Gasteiger partial charge in [0.05, 0.1) is 28.0 Å². The summed E-state index contributed by atoms with van der Waals surface area (Å²) in [6.07, 6.45) is 5.51. The summed E-state index contributed by atoms with van der Waals surface area (Å²) in [5.74, 6) is -2.00. The van der Waals surface area contributed by atoms with Crippen LogP contribution in [0.15, 0.2) is 80.4 Å². The van der Waals surface area contributed by atoms with Crippen LogP contribution in [0, 0.1) is 0 Å². The molecule has 0 aliphatic rings. The number of pyridine rings is 1. The number of aromatic hydroxyl groups is 2. The number of fused-ring (bicyclic) bond motifs is 1. The summed E-state index contributed by atoms with van der Waals surface area (Å²) in [6.45, 7) is 7.21. The number of hydrogen-bond donors (Lipinski definition) is 2. The first-order valence-corrected chi connectivity index (χ1v) is 9.27. The Kier molecular flexibility index (Phi) is 5.00. The predicted octanol–water partition coefficient (Wildman–Crippen LogP) is 4.02. The molecule has 1 unspecified atom stereocenters. The van der Waals surface area contributed by atoms with Crippen molar-refractivity contribution < 1.29 is 19.0 Å². The van der Waals surface area contributed by atoms with Gasteiger partial charge in [0.2, 0.25) is 0 Å². The molecule has 0 aliphatic heterocycles. The fourth-order valence-electron chi connectivity index (χ4n) is 3.60. The van der Waals surface area contributed by atoms with Crippen LogP contribution in [0.4, 0.5) is 0 Å². The predicted molar refractivity (Wildman–Crippen MR) is 116 cm³/mol. The van der Waals surface area contributed by atoms with Crippen LogP contribution < -0.4 is 11.3 Å². The minimum atomic E-state index is -1.22. The van der Waals surface area contributed by atoms with Crippen molar-refractivity contribution in [2.45, 2.75) is 5.92 Å². The molecule has 1 atom stereocenters. The lowest BCUT2D eigenvalue weighted by Gasteiger charge is -2.19. The van der Waals surface area contributed by atoms with Gasteiger partial charge < -0.3 is 19.0 Å². The van der Waals surface area contributed by atoms with Gasteiger partial charge in [-0.25, -0.2) is 9.59 Å². The maximum Gasteiger partial charge on any atom is 0.344 e. The lowest BCUT2D eigenvalue weighted by atomic mass is 9.85. The van der Waals surface area contributed by atoms with Crippen LogP contribution in [0.5, 0.6) is 11.5 Å². The van der Waals surface area contributed by atoms with Crippen LogP contribution in [0.25, 0.3) is 23.1 Å². The Morgan fingerprint density at radius 3 is 2.29 bits per heavy atom. The van der Waals surface area contributed by atoms with Gasteiger partial charge in [-0.1, -0.05) is 37.4 Å². The van der Waals surface area contributed by atoms with Crippen LogP contribution in [-0.2, 0) is 0 Å². The summed E-state index contributed by atoms with van der Waals surface area (Å²) in [6, 6.07) is 9.67. The van der Waals surface area contributed by atoms with Crippen molar-refractivity contribution >= 4 is 23.1 Å². The standard InChI is InChI=1S/C24H17NO6/c1-3-14-16(4-2)30-23(28)19(21(14)26)18(13-8-7-11-25-12-13)20-22(27)15-9-5-6-10-17(15)31-24(20)29/h3-12,18,26-27H,1-2H2. The maximum absolute atomic E-state index is 12.9. The van der Waals surface area contributed by atoms with Crippen molar-refractivity contribution in [3.8, 4) is 11.5 Å². The molecule has 2 N–H and O–H groups in total. The summed E-state index contributed by atoms with van der Waals surface area (Å²) in [4.78, 5) is 29.9. The largest absolute Gasteiger partial charge is 0.507 e. The van der Waals surface area contributed by atoms with E-state index >= 15 is 0 Å². The number of hydrogen-bond acceptors (Lipinski definition) is 7. The van der Waals surface area contributed by atoms with Crippen LogP contribution in [-0.4, -0.2) is 15.2 Å². The van der Waals surface area contributed by atoms with Crippen molar-refractivity contribution in [1.29, 1.82) is 0 Å². The summed E-state index contributed by atoms with van der Waals surface area (Å²) in [7, 11) is 0. The second-order valence-electron chi connectivity index (χ2n) is 6.71. The lowest BCUT2D eigenvalue weighted by Crippen LogP contribution is -2.22. The molecular weight excluding hydrogens is 398 g/mol. The second-order valence-corrected chi connectivity index (χ2v) is 6.71. The third-order valence-corrected chi connectivity index (χ3v) is 5.00. The molecule has 31 heavy (non-hydrogen) atoms. The van der Waals surface area contributed by atoms with Gasteiger partial charge >= 0.3 is 11.3 Å². The zero-order valence-corrected chi connectivity index (χ0v) is 16.2. The molecule has 7 nitrogen and oxygen atoms in total. The first-order chi connectivity index (χ1) is 15.0. The Morgan fingerprint density at radius 1 is 0.903 bits per heavy atom. The molecule has 0 aliphatic carbocycles. The third-order valence-electron chi connectivity index (χ3n) is 5.00. The molecule has 154 valence electrons. The minimum absolute atomic E-state index is 0.0287. The minimum Gasteiger partial charge on any atom is -0.507 e. The molecule has 0 amide bonds. The van der Waals surface area contributed by atoms with Gasteiger partial charge in [-0.3, -0.25) is 4.98 Å². The van der Waals surface area contributed by atoms with E-state index in [9.17, 15) is 19.8 Å². The molecule has 1 aromatic carbocycles. The summed E-state index contributed by atoms with van der Waals surface area (Å²) in [5, 5.41) is 22.2. The van der Waals surface area contributed by atoms with Crippen molar-refractivity contribution in [3.05, 3.63) is 111 Å². The maximum atomic E-state index is 12.9. The molecule has 0 saturated heterocycles. The Bertz CT molecular complexity index is 1430. The lowest BCUT2D eigenvalue weighted by molar-refractivity contribution is 0.422. The Balaban J connectivity index is 2.15. The summed E-state index contributed by atoms with van der Waals surface area (Å²) in [5.41, 5.74) is -1.58. The zero-order valence-electron chi connectivity index (χ0n) is 16.2. The summed E-state index contributed by atoms with van der Waals surface area (Å²) >= 11 is 0. The average Bonchev–Trinajstić information content (AvgIpc) is 2.78. The molecule has 4 aromatic rings. The highest BCUT2D eigenvalue weighted by atomic mass is 16.4. The van der Waals surface area contributed by atoms with Gasteiger partial charge in [-0.2, -0.15) is 0 Å². The molecule has 0 bridgehead atoms. The monoisotopic (exact) mass is 415 g/mol. The second kappa shape index (κ2) is 7.79. The van der Waals surface area contributed by atoms with E-state index in [0.717, 1.165) is 0 Å². The van der Waals surface area contributed by atoms with E-state index < -0.39 is 22.9 Å². The van der Waals surface area contributed by atoms with E-state index in [4.69, 9.17) is 8.83 Å². The van der Waals surface area contributed by atoms with Gasteiger partial charge in [0.25, 0.3) is 0 Å². The van der Waals surface area contributed by atoms with Crippen LogP contribution >= 0.6 is 0 Å². The van der Waals surface area contributed by atoms with Gasteiger partial charge in [0.15, 0.2) is 0 Å². The highest BCUT2D eigenvalue weighted by Gasteiger charge is 2.33. The highest BCUT2D eigenvalue weighted by Crippen LogP contribution is 2.41. The van der Waals surface area contributed by atoms with E-state index in [2.05, 4.69) is 18.1 Å². The molecular formula is C24H17NO6. The van der Waals surface area contributed by atoms with Crippen LogP contribution in [0.1, 0.15) is 33.9 Å². The average molecular weight is 415 g/mol. The molecule has 0 spiro atoms. The van der Waals surface area contributed by atoms with E-state index in [1.54, 1.807) is 36.4 Å². The fourth-order valence-corrected chi connectivity index (χ4v) is 3.60. The van der Waals surface area contributed by atoms with Crippen molar-refractivity contribution in [2.75, 3.05) is 0 Å². The molecule has 4 rings (SSSR count). The SMILES string of the molecule is C=Cc1oc(=O)c(C(c2cccnc2)c2c(O)c3ccccc3oc2=O)c(O)c1C=C. The van der Waals surface area contributed by atoms with Crippen LogP contribution in [0.3, 0.4) is 0 Å². The molecule has 0 fully saturated rings. The third kappa shape index (κ3) is 3.22. The Morgan fingerprint density at radius 2 is 1.61 bits per heavy atom. The summed E-state index contributed by atoms with van der Waals surface area (Å²) < 4.78 is 10.7. The highest BCUT2D eigenvalue weighted by molar-refractivity contribution is 5.84. The van der Waals surface area contributed by atoms with E-state index in [1.807, 2.05) is 0 Å². The van der Waals surface area contributed by atoms with E-state index in [1.165, 1.54) is 24.5 Å². The smallest absolute Gasteiger partial charge is 0.344 e. The van der Waals surface area contributed by atoms with Crippen molar-refractivity contribution in [2.24, 2.45) is 0 Å². The Hall–Kier alpha value is -4.39. The molecule has 0 radical (unpaired) electrons. The van der Waals surface area contributed by atoms with Crippen molar-refractivity contribution in [1.82, 2.24) is 4.98 Å². The number of para-hydroxylation sites is 1. The fraction of sp³-hybridized carbons (Fsp3) is 0.0417. The molecule has 0 saturated carbocycles. The number of benzene rings is 1. The first-order valence-electron chi connectivity index (χ1n) is 9.27. The molecule has 3 heterocycles.